The maximum Gasteiger partial charge on any atom is 0.123 e. The van der Waals surface area contributed by atoms with E-state index in [4.69, 9.17) is 16.6 Å². The summed E-state index contributed by atoms with van der Waals surface area (Å²) >= 11 is 7.76. The molecule has 0 saturated carbocycles. The molecule has 1 N–H and O–H groups in total. The Kier molecular flexibility index (Phi) is 4.16. The van der Waals surface area contributed by atoms with Crippen LogP contribution in [0, 0.1) is 0 Å². The third-order valence-electron chi connectivity index (χ3n) is 3.59. The summed E-state index contributed by atoms with van der Waals surface area (Å²) in [4.78, 5) is 4.82. The van der Waals surface area contributed by atoms with Gasteiger partial charge in [-0.2, -0.15) is 0 Å². The first-order chi connectivity index (χ1) is 9.33. The molecule has 100 valence electrons. The second-order valence-corrected chi connectivity index (χ2v) is 6.26. The highest BCUT2D eigenvalue weighted by Crippen LogP contribution is 2.32. The Morgan fingerprint density at radius 1 is 1.26 bits per heavy atom. The van der Waals surface area contributed by atoms with Crippen molar-refractivity contribution >= 4 is 22.9 Å². The number of halogens is 1. The number of hydrogen-bond donors (Lipinski definition) is 1. The summed E-state index contributed by atoms with van der Waals surface area (Å²) in [7, 11) is 0. The van der Waals surface area contributed by atoms with E-state index in [1.165, 1.54) is 25.0 Å². The molecule has 19 heavy (non-hydrogen) atoms. The Morgan fingerprint density at radius 2 is 2.21 bits per heavy atom. The molecule has 0 radical (unpaired) electrons. The minimum atomic E-state index is 0.610. The minimum Gasteiger partial charge on any atom is -0.317 e. The molecule has 3 rings (SSSR count). The van der Waals surface area contributed by atoms with Crippen LogP contribution >= 0.6 is 22.9 Å². The van der Waals surface area contributed by atoms with Crippen LogP contribution in [-0.2, 0) is 0 Å². The van der Waals surface area contributed by atoms with Crippen LogP contribution in [0.2, 0.25) is 5.02 Å². The van der Waals surface area contributed by atoms with Gasteiger partial charge in [0.2, 0.25) is 0 Å². The summed E-state index contributed by atoms with van der Waals surface area (Å²) < 4.78 is 0. The van der Waals surface area contributed by atoms with E-state index in [0.717, 1.165) is 28.7 Å². The van der Waals surface area contributed by atoms with Gasteiger partial charge in [-0.25, -0.2) is 4.98 Å². The van der Waals surface area contributed by atoms with E-state index in [2.05, 4.69) is 16.8 Å². The van der Waals surface area contributed by atoms with Crippen molar-refractivity contribution in [3.63, 3.8) is 0 Å². The van der Waals surface area contributed by atoms with Crippen molar-refractivity contribution in [1.29, 1.82) is 0 Å². The smallest absolute Gasteiger partial charge is 0.123 e. The molecule has 1 atom stereocenters. The second kappa shape index (κ2) is 6.04. The van der Waals surface area contributed by atoms with Gasteiger partial charge in [0.15, 0.2) is 0 Å². The van der Waals surface area contributed by atoms with Crippen LogP contribution in [0.3, 0.4) is 0 Å². The van der Waals surface area contributed by atoms with Crippen molar-refractivity contribution in [3.05, 3.63) is 40.4 Å². The summed E-state index contributed by atoms with van der Waals surface area (Å²) in [6.07, 6.45) is 3.68. The summed E-state index contributed by atoms with van der Waals surface area (Å²) in [5, 5.41) is 7.52. The molecular weight excluding hydrogens is 276 g/mol. The van der Waals surface area contributed by atoms with Gasteiger partial charge in [-0.3, -0.25) is 0 Å². The predicted molar refractivity (Wildman–Crippen MR) is 82.0 cm³/mol. The number of benzene rings is 1. The highest BCUT2D eigenvalue weighted by atomic mass is 35.5. The molecule has 2 nitrogen and oxygen atoms in total. The van der Waals surface area contributed by atoms with Crippen LogP contribution in [0.4, 0.5) is 0 Å². The molecule has 0 spiro atoms. The highest BCUT2D eigenvalue weighted by Gasteiger charge is 2.17. The zero-order valence-electron chi connectivity index (χ0n) is 10.7. The lowest BCUT2D eigenvalue weighted by molar-refractivity contribution is 0.597. The van der Waals surface area contributed by atoms with Gasteiger partial charge in [-0.15, -0.1) is 11.3 Å². The van der Waals surface area contributed by atoms with Crippen molar-refractivity contribution < 1.29 is 0 Å². The molecule has 0 amide bonds. The van der Waals surface area contributed by atoms with Gasteiger partial charge in [-0.1, -0.05) is 23.7 Å². The lowest BCUT2D eigenvalue weighted by Crippen LogP contribution is -2.13. The molecule has 1 aromatic carbocycles. The molecule has 1 unspecified atom stereocenters. The van der Waals surface area contributed by atoms with Crippen LogP contribution in [0.25, 0.3) is 10.6 Å². The fourth-order valence-corrected chi connectivity index (χ4v) is 3.63. The molecular formula is C15H17ClN2S. The minimum absolute atomic E-state index is 0.610. The Labute approximate surface area is 122 Å². The molecule has 0 bridgehead atoms. The monoisotopic (exact) mass is 292 g/mol. The molecule has 2 heterocycles. The number of thiazole rings is 1. The molecule has 1 saturated heterocycles. The van der Waals surface area contributed by atoms with Gasteiger partial charge < -0.3 is 5.32 Å². The standard InChI is InChI=1S/C15H17ClN2S/c16-13-5-1-3-12(9-13)15-18-14(10-19-15)11-4-2-7-17-8-6-11/h1,3,5,9-11,17H,2,4,6-8H2. The van der Waals surface area contributed by atoms with Gasteiger partial charge in [0, 0.05) is 21.9 Å². The highest BCUT2D eigenvalue weighted by molar-refractivity contribution is 7.13. The molecule has 0 aliphatic carbocycles. The first-order valence-corrected chi connectivity index (χ1v) is 8.01. The third-order valence-corrected chi connectivity index (χ3v) is 4.73. The van der Waals surface area contributed by atoms with Crippen LogP contribution in [0.5, 0.6) is 0 Å². The largest absolute Gasteiger partial charge is 0.317 e. The summed E-state index contributed by atoms with van der Waals surface area (Å²) in [5.41, 5.74) is 2.37. The van der Waals surface area contributed by atoms with E-state index in [1.807, 2.05) is 18.2 Å². The Balaban J connectivity index is 1.82. The van der Waals surface area contributed by atoms with Crippen molar-refractivity contribution in [2.75, 3.05) is 13.1 Å². The van der Waals surface area contributed by atoms with Gasteiger partial charge in [0.25, 0.3) is 0 Å². The van der Waals surface area contributed by atoms with Gasteiger partial charge in [0.1, 0.15) is 5.01 Å². The molecule has 1 fully saturated rings. The normalized spacial score (nSPS) is 20.2. The van der Waals surface area contributed by atoms with Gasteiger partial charge >= 0.3 is 0 Å². The van der Waals surface area contributed by atoms with Crippen molar-refractivity contribution in [2.45, 2.75) is 25.2 Å². The average Bonchev–Trinajstić information content (AvgIpc) is 2.75. The molecule has 4 heteroatoms. The number of nitrogens with one attached hydrogen (secondary N) is 1. The predicted octanol–water partition coefficient (Wildman–Crippen LogP) is 4.32. The Bertz CT molecular complexity index is 545. The number of aromatic nitrogens is 1. The Hall–Kier alpha value is -0.900. The fraction of sp³-hybridized carbons (Fsp3) is 0.400. The average molecular weight is 293 g/mol. The van der Waals surface area contributed by atoms with Crippen LogP contribution < -0.4 is 5.32 Å². The molecule has 1 aliphatic heterocycles. The maximum absolute atomic E-state index is 6.04. The van der Waals surface area contributed by atoms with Gasteiger partial charge in [-0.05, 0) is 44.5 Å². The zero-order chi connectivity index (χ0) is 13.1. The van der Waals surface area contributed by atoms with Crippen molar-refractivity contribution in [3.8, 4) is 10.6 Å². The number of rotatable bonds is 2. The first-order valence-electron chi connectivity index (χ1n) is 6.75. The number of nitrogens with zero attached hydrogens (tertiary/aromatic N) is 1. The third kappa shape index (κ3) is 3.16. The molecule has 2 aromatic rings. The van der Waals surface area contributed by atoms with E-state index < -0.39 is 0 Å². The summed E-state index contributed by atoms with van der Waals surface area (Å²) in [5.74, 6) is 0.610. The van der Waals surface area contributed by atoms with E-state index >= 15 is 0 Å². The zero-order valence-corrected chi connectivity index (χ0v) is 12.3. The summed E-state index contributed by atoms with van der Waals surface area (Å²) in [6.45, 7) is 2.25. The van der Waals surface area contributed by atoms with E-state index in [-0.39, 0.29) is 0 Å². The number of hydrogen-bond acceptors (Lipinski definition) is 3. The van der Waals surface area contributed by atoms with Crippen molar-refractivity contribution in [2.24, 2.45) is 0 Å². The SMILES string of the molecule is Clc1cccc(-c2nc(C3CCCNCC3)cs2)c1. The molecule has 1 aliphatic rings. The van der Waals surface area contributed by atoms with E-state index in [0.29, 0.717) is 5.92 Å². The lowest BCUT2D eigenvalue weighted by atomic mass is 9.98. The molecule has 1 aromatic heterocycles. The van der Waals surface area contributed by atoms with Gasteiger partial charge in [0.05, 0.1) is 5.69 Å². The van der Waals surface area contributed by atoms with E-state index in [1.54, 1.807) is 11.3 Å². The van der Waals surface area contributed by atoms with Crippen LogP contribution in [-0.4, -0.2) is 18.1 Å². The lowest BCUT2D eigenvalue weighted by Gasteiger charge is -2.09. The van der Waals surface area contributed by atoms with Crippen LogP contribution in [0.1, 0.15) is 30.9 Å². The van der Waals surface area contributed by atoms with Crippen LogP contribution in [0.15, 0.2) is 29.6 Å². The quantitative estimate of drug-likeness (QED) is 0.891. The van der Waals surface area contributed by atoms with E-state index in [9.17, 15) is 0 Å². The van der Waals surface area contributed by atoms with Crippen molar-refractivity contribution in [1.82, 2.24) is 10.3 Å². The maximum atomic E-state index is 6.04. The topological polar surface area (TPSA) is 24.9 Å². The second-order valence-electron chi connectivity index (χ2n) is 4.97. The Morgan fingerprint density at radius 3 is 3.11 bits per heavy atom. The summed E-state index contributed by atoms with van der Waals surface area (Å²) in [6, 6.07) is 7.94. The first kappa shape index (κ1) is 13.1. The fourth-order valence-electron chi connectivity index (χ4n) is 2.54.